The minimum atomic E-state index is 1.08. The minimum Gasteiger partial charge on any atom is -0.317 e. The molecule has 0 spiro atoms. The molecule has 1 N–H and O–H groups in total. The van der Waals surface area contributed by atoms with Crippen molar-refractivity contribution in [2.45, 2.75) is 33.1 Å². The highest BCUT2D eigenvalue weighted by Crippen LogP contribution is 2.04. The van der Waals surface area contributed by atoms with Gasteiger partial charge in [0.25, 0.3) is 0 Å². The van der Waals surface area contributed by atoms with Crippen LogP contribution in [0.1, 0.15) is 33.1 Å². The molecular weight excluding hydrogens is 122 g/mol. The summed E-state index contributed by atoms with van der Waals surface area (Å²) in [5.74, 6) is 0. The second-order valence-electron chi connectivity index (χ2n) is 2.56. The van der Waals surface area contributed by atoms with Gasteiger partial charge in [-0.3, -0.25) is 0 Å². The Balaban J connectivity index is 2.96. The van der Waals surface area contributed by atoms with Crippen molar-refractivity contribution in [3.8, 4) is 0 Å². The Morgan fingerprint density at radius 3 is 2.60 bits per heavy atom. The van der Waals surface area contributed by atoms with E-state index in [1.54, 1.807) is 0 Å². The lowest BCUT2D eigenvalue weighted by atomic mass is 10.1. The highest BCUT2D eigenvalue weighted by molar-refractivity contribution is 4.91. The first-order valence-electron chi connectivity index (χ1n) is 4.18. The van der Waals surface area contributed by atoms with Crippen molar-refractivity contribution in [1.29, 1.82) is 0 Å². The van der Waals surface area contributed by atoms with Crippen molar-refractivity contribution in [2.24, 2.45) is 0 Å². The molecule has 0 aliphatic heterocycles. The Hall–Kier alpha value is -0.300. The topological polar surface area (TPSA) is 12.0 Å². The summed E-state index contributed by atoms with van der Waals surface area (Å²) in [6, 6.07) is 0. The molecule has 0 saturated carbocycles. The summed E-state index contributed by atoms with van der Waals surface area (Å²) < 4.78 is 0. The lowest BCUT2D eigenvalue weighted by Gasteiger charge is -2.01. The lowest BCUT2D eigenvalue weighted by molar-refractivity contribution is 0.665. The van der Waals surface area contributed by atoms with Crippen LogP contribution < -0.4 is 5.32 Å². The number of hydrogen-bond donors (Lipinski definition) is 1. The number of allylic oxidation sites excluding steroid dienone is 1. The van der Waals surface area contributed by atoms with E-state index < -0.39 is 0 Å². The van der Waals surface area contributed by atoms with Crippen molar-refractivity contribution >= 4 is 0 Å². The van der Waals surface area contributed by atoms with Crippen LogP contribution in [0.5, 0.6) is 0 Å². The first kappa shape index (κ1) is 9.70. The Bertz CT molecular complexity index is 86.7. The van der Waals surface area contributed by atoms with Crippen molar-refractivity contribution < 1.29 is 0 Å². The molecule has 0 saturated heterocycles. The molecule has 0 amide bonds. The third-order valence-corrected chi connectivity index (χ3v) is 1.63. The Labute approximate surface area is 64.5 Å². The molecule has 0 unspecified atom stereocenters. The van der Waals surface area contributed by atoms with Gasteiger partial charge in [0, 0.05) is 0 Å². The maximum absolute atomic E-state index is 3.94. The van der Waals surface area contributed by atoms with E-state index in [0.717, 1.165) is 19.5 Å². The second kappa shape index (κ2) is 6.81. The summed E-state index contributed by atoms with van der Waals surface area (Å²) in [5, 5.41) is 3.29. The molecule has 10 heavy (non-hydrogen) atoms. The second-order valence-corrected chi connectivity index (χ2v) is 2.56. The number of rotatable bonds is 6. The van der Waals surface area contributed by atoms with Gasteiger partial charge in [-0.1, -0.05) is 26.0 Å². The molecule has 0 aliphatic rings. The standard InChI is InChI=1S/C9H19N/c1-4-9(3)7-6-8-10-5-2/h10H,3-8H2,1-2H3. The van der Waals surface area contributed by atoms with Crippen LogP contribution in [0.15, 0.2) is 12.2 Å². The summed E-state index contributed by atoms with van der Waals surface area (Å²) in [6.45, 7) is 10.5. The zero-order valence-electron chi connectivity index (χ0n) is 7.24. The minimum absolute atomic E-state index is 1.08. The fourth-order valence-corrected chi connectivity index (χ4v) is 0.817. The lowest BCUT2D eigenvalue weighted by Crippen LogP contribution is -2.13. The molecule has 0 aromatic rings. The summed E-state index contributed by atoms with van der Waals surface area (Å²) in [5.41, 5.74) is 1.37. The highest BCUT2D eigenvalue weighted by atomic mass is 14.8. The number of hydrogen-bond acceptors (Lipinski definition) is 1. The largest absolute Gasteiger partial charge is 0.317 e. The monoisotopic (exact) mass is 141 g/mol. The van der Waals surface area contributed by atoms with Crippen molar-refractivity contribution in [3.05, 3.63) is 12.2 Å². The molecular formula is C9H19N. The van der Waals surface area contributed by atoms with Crippen LogP contribution in [-0.2, 0) is 0 Å². The van der Waals surface area contributed by atoms with E-state index >= 15 is 0 Å². The van der Waals surface area contributed by atoms with Gasteiger partial charge < -0.3 is 5.32 Å². The van der Waals surface area contributed by atoms with Crippen molar-refractivity contribution in [3.63, 3.8) is 0 Å². The molecule has 0 aromatic heterocycles. The molecule has 0 fully saturated rings. The summed E-state index contributed by atoms with van der Waals surface area (Å²) in [6.07, 6.45) is 3.55. The van der Waals surface area contributed by atoms with E-state index in [1.807, 2.05) is 0 Å². The first-order chi connectivity index (χ1) is 4.81. The molecule has 1 nitrogen and oxygen atoms in total. The van der Waals surface area contributed by atoms with E-state index in [2.05, 4.69) is 25.7 Å². The van der Waals surface area contributed by atoms with Crippen LogP contribution in [0.3, 0.4) is 0 Å². The summed E-state index contributed by atoms with van der Waals surface area (Å²) >= 11 is 0. The predicted molar refractivity (Wildman–Crippen MR) is 47.2 cm³/mol. The molecule has 0 aliphatic carbocycles. The normalized spacial score (nSPS) is 9.80. The van der Waals surface area contributed by atoms with Gasteiger partial charge in [-0.2, -0.15) is 0 Å². The average Bonchev–Trinajstić information content (AvgIpc) is 1.98. The Morgan fingerprint density at radius 1 is 1.40 bits per heavy atom. The molecule has 60 valence electrons. The van der Waals surface area contributed by atoms with Gasteiger partial charge in [0.1, 0.15) is 0 Å². The zero-order valence-corrected chi connectivity index (χ0v) is 7.24. The fraction of sp³-hybridized carbons (Fsp3) is 0.778. The molecule has 0 radical (unpaired) electrons. The van der Waals surface area contributed by atoms with E-state index in [9.17, 15) is 0 Å². The van der Waals surface area contributed by atoms with Crippen LogP contribution in [0.2, 0.25) is 0 Å². The van der Waals surface area contributed by atoms with Gasteiger partial charge in [0.05, 0.1) is 0 Å². The highest BCUT2D eigenvalue weighted by Gasteiger charge is 1.89. The van der Waals surface area contributed by atoms with Crippen LogP contribution >= 0.6 is 0 Å². The molecule has 0 aromatic carbocycles. The predicted octanol–water partition coefficient (Wildman–Crippen LogP) is 2.34. The van der Waals surface area contributed by atoms with E-state index in [4.69, 9.17) is 0 Å². The van der Waals surface area contributed by atoms with Crippen LogP contribution in [0.25, 0.3) is 0 Å². The Kier molecular flexibility index (Phi) is 6.61. The van der Waals surface area contributed by atoms with E-state index in [1.165, 1.54) is 18.4 Å². The van der Waals surface area contributed by atoms with Crippen LogP contribution in [0, 0.1) is 0 Å². The third-order valence-electron chi connectivity index (χ3n) is 1.63. The average molecular weight is 141 g/mol. The van der Waals surface area contributed by atoms with Gasteiger partial charge in [-0.05, 0) is 32.4 Å². The number of nitrogens with one attached hydrogen (secondary N) is 1. The summed E-state index contributed by atoms with van der Waals surface area (Å²) in [4.78, 5) is 0. The zero-order chi connectivity index (χ0) is 7.82. The van der Waals surface area contributed by atoms with Gasteiger partial charge in [-0.15, -0.1) is 0 Å². The van der Waals surface area contributed by atoms with Gasteiger partial charge in [-0.25, -0.2) is 0 Å². The van der Waals surface area contributed by atoms with Crippen molar-refractivity contribution in [1.82, 2.24) is 5.32 Å². The van der Waals surface area contributed by atoms with Crippen molar-refractivity contribution in [2.75, 3.05) is 13.1 Å². The molecule has 0 heterocycles. The van der Waals surface area contributed by atoms with Gasteiger partial charge in [0.2, 0.25) is 0 Å². The smallest absolute Gasteiger partial charge is 0.00460 e. The molecule has 0 bridgehead atoms. The van der Waals surface area contributed by atoms with E-state index in [-0.39, 0.29) is 0 Å². The van der Waals surface area contributed by atoms with Crippen LogP contribution in [0.4, 0.5) is 0 Å². The maximum atomic E-state index is 3.94. The van der Waals surface area contributed by atoms with Gasteiger partial charge >= 0.3 is 0 Å². The Morgan fingerprint density at radius 2 is 2.10 bits per heavy atom. The first-order valence-corrected chi connectivity index (χ1v) is 4.18. The van der Waals surface area contributed by atoms with E-state index in [0.29, 0.717) is 0 Å². The summed E-state index contributed by atoms with van der Waals surface area (Å²) in [7, 11) is 0. The fourth-order valence-electron chi connectivity index (χ4n) is 0.817. The third kappa shape index (κ3) is 5.83. The quantitative estimate of drug-likeness (QED) is 0.442. The molecule has 0 atom stereocenters. The SMILES string of the molecule is C=C(CC)CCCNCC. The van der Waals surface area contributed by atoms with Gasteiger partial charge in [0.15, 0.2) is 0 Å². The van der Waals surface area contributed by atoms with Crippen LogP contribution in [-0.4, -0.2) is 13.1 Å². The molecule has 0 rings (SSSR count). The molecule has 1 heteroatoms. The maximum Gasteiger partial charge on any atom is -0.00460 e.